The highest BCUT2D eigenvalue weighted by molar-refractivity contribution is 6.50. The van der Waals surface area contributed by atoms with Crippen LogP contribution in [0.4, 0.5) is 0 Å². The number of rotatable bonds is 5. The van der Waals surface area contributed by atoms with Gasteiger partial charge in [-0.05, 0) is 33.0 Å². The fourth-order valence-electron chi connectivity index (χ4n) is 1.39. The van der Waals surface area contributed by atoms with Crippen LogP contribution in [0.5, 0.6) is 0 Å². The third kappa shape index (κ3) is 8.36. The van der Waals surface area contributed by atoms with Crippen molar-refractivity contribution in [3.63, 3.8) is 0 Å². The summed E-state index contributed by atoms with van der Waals surface area (Å²) in [6, 6.07) is 0. The summed E-state index contributed by atoms with van der Waals surface area (Å²) in [6.45, 7) is 13.5. The molecule has 0 aromatic carbocycles. The molecule has 0 aromatic heterocycles. The van der Waals surface area contributed by atoms with Crippen LogP contribution in [-0.2, 0) is 4.65 Å². The summed E-state index contributed by atoms with van der Waals surface area (Å²) in [5, 5.41) is 0. The summed E-state index contributed by atoms with van der Waals surface area (Å²) in [6.07, 6.45) is 3.75. The molecular formula is C11H25BO. The lowest BCUT2D eigenvalue weighted by Crippen LogP contribution is -2.28. The molecule has 0 saturated carbocycles. The molecular weight excluding hydrogens is 159 g/mol. The lowest BCUT2D eigenvalue weighted by Gasteiger charge is -2.24. The highest BCUT2D eigenvalue weighted by atomic mass is 16.5. The largest absolute Gasteiger partial charge is 0.432 e. The van der Waals surface area contributed by atoms with E-state index in [1.807, 2.05) is 0 Å². The SMILES string of the molecule is CCC(C)CCB(C)OC(C)(C)C. The molecule has 0 saturated heterocycles. The zero-order valence-electron chi connectivity index (χ0n) is 10.2. The van der Waals surface area contributed by atoms with E-state index in [1.165, 1.54) is 19.2 Å². The van der Waals surface area contributed by atoms with Crippen molar-refractivity contribution in [1.29, 1.82) is 0 Å². The van der Waals surface area contributed by atoms with Crippen molar-refractivity contribution >= 4 is 6.92 Å². The van der Waals surface area contributed by atoms with Crippen LogP contribution in [0.3, 0.4) is 0 Å². The van der Waals surface area contributed by atoms with Gasteiger partial charge in [0.1, 0.15) is 0 Å². The van der Waals surface area contributed by atoms with E-state index in [0.29, 0.717) is 6.92 Å². The first kappa shape index (κ1) is 13.0. The van der Waals surface area contributed by atoms with Crippen molar-refractivity contribution in [2.24, 2.45) is 5.92 Å². The maximum atomic E-state index is 5.83. The van der Waals surface area contributed by atoms with Crippen LogP contribution < -0.4 is 0 Å². The molecule has 0 fully saturated rings. The molecule has 0 N–H and O–H groups in total. The van der Waals surface area contributed by atoms with Crippen molar-refractivity contribution in [2.45, 2.75) is 66.2 Å². The van der Waals surface area contributed by atoms with E-state index in [1.54, 1.807) is 0 Å². The van der Waals surface area contributed by atoms with Gasteiger partial charge >= 0.3 is 0 Å². The Kier molecular flexibility index (Phi) is 5.70. The van der Waals surface area contributed by atoms with Crippen LogP contribution in [0, 0.1) is 5.92 Å². The summed E-state index contributed by atoms with van der Waals surface area (Å²) in [4.78, 5) is 0. The smallest absolute Gasteiger partial charge is 0.290 e. The predicted octanol–water partition coefficient (Wildman–Crippen LogP) is 3.86. The van der Waals surface area contributed by atoms with Crippen LogP contribution in [-0.4, -0.2) is 12.5 Å². The molecule has 13 heavy (non-hydrogen) atoms. The van der Waals surface area contributed by atoms with Crippen molar-refractivity contribution < 1.29 is 4.65 Å². The van der Waals surface area contributed by atoms with Gasteiger partial charge in [0.25, 0.3) is 6.92 Å². The van der Waals surface area contributed by atoms with E-state index in [0.717, 1.165) is 5.92 Å². The van der Waals surface area contributed by atoms with Crippen LogP contribution in [0.25, 0.3) is 0 Å². The lowest BCUT2D eigenvalue weighted by atomic mass is 9.64. The molecule has 1 atom stereocenters. The normalized spacial score (nSPS) is 14.3. The van der Waals surface area contributed by atoms with Crippen molar-refractivity contribution in [3.05, 3.63) is 0 Å². The minimum Gasteiger partial charge on any atom is -0.432 e. The first-order chi connectivity index (χ1) is 5.85. The Morgan fingerprint density at radius 2 is 1.85 bits per heavy atom. The maximum absolute atomic E-state index is 5.83. The third-order valence-electron chi connectivity index (χ3n) is 2.32. The lowest BCUT2D eigenvalue weighted by molar-refractivity contribution is 0.129. The summed E-state index contributed by atoms with van der Waals surface area (Å²) in [5.74, 6) is 0.839. The van der Waals surface area contributed by atoms with Crippen LogP contribution >= 0.6 is 0 Å². The maximum Gasteiger partial charge on any atom is 0.290 e. The minimum absolute atomic E-state index is 0.00880. The van der Waals surface area contributed by atoms with Gasteiger partial charge in [-0.1, -0.05) is 33.5 Å². The van der Waals surface area contributed by atoms with Crippen LogP contribution in [0.15, 0.2) is 0 Å². The molecule has 0 aliphatic heterocycles. The highest BCUT2D eigenvalue weighted by Crippen LogP contribution is 2.16. The van der Waals surface area contributed by atoms with E-state index in [4.69, 9.17) is 4.65 Å². The fraction of sp³-hybridized carbons (Fsp3) is 1.00. The van der Waals surface area contributed by atoms with Crippen LogP contribution in [0.1, 0.15) is 47.5 Å². The van der Waals surface area contributed by atoms with Crippen LogP contribution in [0.2, 0.25) is 13.1 Å². The molecule has 0 amide bonds. The Hall–Kier alpha value is 0.0249. The zero-order chi connectivity index (χ0) is 10.5. The number of hydrogen-bond acceptors (Lipinski definition) is 1. The topological polar surface area (TPSA) is 9.23 Å². The first-order valence-electron chi connectivity index (χ1n) is 5.53. The Labute approximate surface area is 84.4 Å². The summed E-state index contributed by atoms with van der Waals surface area (Å²) < 4.78 is 5.83. The second-order valence-electron chi connectivity index (χ2n) is 5.13. The monoisotopic (exact) mass is 184 g/mol. The van der Waals surface area contributed by atoms with Gasteiger partial charge in [-0.15, -0.1) is 0 Å². The van der Waals surface area contributed by atoms with E-state index >= 15 is 0 Å². The third-order valence-corrected chi connectivity index (χ3v) is 2.32. The first-order valence-corrected chi connectivity index (χ1v) is 5.53. The van der Waals surface area contributed by atoms with E-state index in [2.05, 4.69) is 41.4 Å². The molecule has 0 rings (SSSR count). The fourth-order valence-corrected chi connectivity index (χ4v) is 1.39. The molecule has 0 heterocycles. The van der Waals surface area contributed by atoms with Gasteiger partial charge in [0.15, 0.2) is 0 Å². The van der Waals surface area contributed by atoms with Crippen molar-refractivity contribution in [2.75, 3.05) is 0 Å². The molecule has 2 heteroatoms. The standard InChI is InChI=1S/C11H25BO/c1-7-10(2)8-9-12(6)13-11(3,4)5/h10H,7-9H2,1-6H3. The molecule has 0 aromatic rings. The molecule has 78 valence electrons. The van der Waals surface area contributed by atoms with Crippen molar-refractivity contribution in [3.8, 4) is 0 Å². The molecule has 0 radical (unpaired) electrons. The van der Waals surface area contributed by atoms with Gasteiger partial charge in [0, 0.05) is 5.60 Å². The Morgan fingerprint density at radius 3 is 2.23 bits per heavy atom. The van der Waals surface area contributed by atoms with Gasteiger partial charge < -0.3 is 4.65 Å². The quantitative estimate of drug-likeness (QED) is 0.589. The van der Waals surface area contributed by atoms with Crippen molar-refractivity contribution in [1.82, 2.24) is 0 Å². The Bertz CT molecular complexity index is 129. The van der Waals surface area contributed by atoms with E-state index in [9.17, 15) is 0 Å². The molecule has 0 aliphatic carbocycles. The van der Waals surface area contributed by atoms with E-state index < -0.39 is 0 Å². The summed E-state index contributed by atoms with van der Waals surface area (Å²) >= 11 is 0. The predicted molar refractivity (Wildman–Crippen MR) is 61.3 cm³/mol. The summed E-state index contributed by atoms with van der Waals surface area (Å²) in [7, 11) is 0. The highest BCUT2D eigenvalue weighted by Gasteiger charge is 2.18. The van der Waals surface area contributed by atoms with Gasteiger partial charge in [0.05, 0.1) is 0 Å². The molecule has 1 unspecified atom stereocenters. The van der Waals surface area contributed by atoms with Gasteiger partial charge in [0.2, 0.25) is 0 Å². The molecule has 0 spiro atoms. The Balaban J connectivity index is 3.57. The minimum atomic E-state index is 0.00880. The second-order valence-corrected chi connectivity index (χ2v) is 5.13. The van der Waals surface area contributed by atoms with Gasteiger partial charge in [-0.25, -0.2) is 0 Å². The Morgan fingerprint density at radius 1 is 1.31 bits per heavy atom. The second kappa shape index (κ2) is 5.69. The summed E-state index contributed by atoms with van der Waals surface area (Å²) in [5.41, 5.74) is 0.00880. The zero-order valence-corrected chi connectivity index (χ0v) is 10.2. The van der Waals surface area contributed by atoms with Gasteiger partial charge in [-0.2, -0.15) is 0 Å². The molecule has 1 nitrogen and oxygen atoms in total. The van der Waals surface area contributed by atoms with E-state index in [-0.39, 0.29) is 5.60 Å². The molecule has 0 aliphatic rings. The molecule has 0 bridgehead atoms. The van der Waals surface area contributed by atoms with Gasteiger partial charge in [-0.3, -0.25) is 0 Å². The number of hydrogen-bond donors (Lipinski definition) is 0. The average Bonchev–Trinajstić information content (AvgIpc) is 1.97. The average molecular weight is 184 g/mol.